The Hall–Kier alpha value is -3.51. The molecule has 0 radical (unpaired) electrons. The molecule has 11 nitrogen and oxygen atoms in total. The van der Waals surface area contributed by atoms with Gasteiger partial charge in [0.25, 0.3) is 0 Å². The van der Waals surface area contributed by atoms with Crippen molar-refractivity contribution in [3.63, 3.8) is 0 Å². The van der Waals surface area contributed by atoms with Crippen LogP contribution in [-0.2, 0) is 19.1 Å². The highest BCUT2D eigenvalue weighted by Crippen LogP contribution is 2.31. The van der Waals surface area contributed by atoms with E-state index in [4.69, 9.17) is 20.3 Å². The summed E-state index contributed by atoms with van der Waals surface area (Å²) in [6.07, 6.45) is 2.30. The number of nitrogens with zero attached hydrogens (tertiary/aromatic N) is 4. The predicted octanol–water partition coefficient (Wildman–Crippen LogP) is 1.25. The van der Waals surface area contributed by atoms with E-state index in [1.54, 1.807) is 13.8 Å². The molecule has 1 fully saturated rings. The highest BCUT2D eigenvalue weighted by Gasteiger charge is 2.27. The fourth-order valence-electron chi connectivity index (χ4n) is 4.10. The molecule has 0 atom stereocenters. The van der Waals surface area contributed by atoms with Gasteiger partial charge in [-0.3, -0.25) is 9.69 Å². The number of carboxylic acids is 1. The first-order chi connectivity index (χ1) is 17.8. The molecule has 0 aliphatic carbocycles. The smallest absolute Gasteiger partial charge is 0.550 e. The van der Waals surface area contributed by atoms with Gasteiger partial charge in [0.05, 0.1) is 25.5 Å². The average Bonchev–Trinajstić information content (AvgIpc) is 3.35. The van der Waals surface area contributed by atoms with Gasteiger partial charge in [-0.25, -0.2) is 4.98 Å². The summed E-state index contributed by atoms with van der Waals surface area (Å²) in [5.41, 5.74) is 2.36. The van der Waals surface area contributed by atoms with Crippen molar-refractivity contribution < 1.29 is 33.6 Å². The molecule has 1 aromatic carbocycles. The number of anilines is 1. The molecule has 37 heavy (non-hydrogen) atoms. The van der Waals surface area contributed by atoms with Crippen LogP contribution >= 0.6 is 11.3 Å². The number of hydrogen-bond donors (Lipinski definition) is 1. The molecule has 2 heterocycles. The Morgan fingerprint density at radius 1 is 1.19 bits per heavy atom. The van der Waals surface area contributed by atoms with Crippen LogP contribution in [0, 0.1) is 0 Å². The quantitative estimate of drug-likeness (QED) is 0.112. The third-order valence-corrected chi connectivity index (χ3v) is 6.80. The summed E-state index contributed by atoms with van der Waals surface area (Å²) in [5.74, 6) is 4.36. The van der Waals surface area contributed by atoms with Gasteiger partial charge < -0.3 is 24.3 Å². The predicted molar refractivity (Wildman–Crippen MR) is 137 cm³/mol. The summed E-state index contributed by atoms with van der Waals surface area (Å²) < 4.78 is 10.8. The Morgan fingerprint density at radius 3 is 2.49 bits per heavy atom. The Morgan fingerprint density at radius 2 is 1.86 bits per heavy atom. The first-order valence-corrected chi connectivity index (χ1v) is 13.1. The number of carboxylic acid groups (broad SMARTS) is 1. The van der Waals surface area contributed by atoms with Crippen LogP contribution in [0.15, 0.2) is 29.6 Å². The Kier molecular flexibility index (Phi) is 10.4. The van der Waals surface area contributed by atoms with Crippen LogP contribution in [-0.4, -0.2) is 84.2 Å². The summed E-state index contributed by atoms with van der Waals surface area (Å²) in [5, 5.41) is 13.9. The lowest BCUT2D eigenvalue weighted by Crippen LogP contribution is -2.47. The largest absolute Gasteiger partial charge is 0.625 e. The highest BCUT2D eigenvalue weighted by atomic mass is 32.1. The van der Waals surface area contributed by atoms with E-state index >= 15 is 0 Å². The molecule has 2 N–H and O–H groups in total. The van der Waals surface area contributed by atoms with Gasteiger partial charge in [-0.05, 0) is 43.5 Å². The lowest BCUT2D eigenvalue weighted by atomic mass is 10.0. The number of amides is 1. The minimum absolute atomic E-state index is 0.0987. The van der Waals surface area contributed by atoms with Gasteiger partial charge in [-0.15, -0.1) is 11.3 Å². The van der Waals surface area contributed by atoms with E-state index in [0.29, 0.717) is 26.2 Å². The summed E-state index contributed by atoms with van der Waals surface area (Å²) in [6, 6.07) is 7.50. The maximum Gasteiger partial charge on any atom is 0.625 e. The number of hydrazone groups is 1. The number of aromatic nitrogens is 1. The molecule has 0 saturated carbocycles. The van der Waals surface area contributed by atoms with E-state index in [-0.39, 0.29) is 31.6 Å². The number of piperidine rings is 1. The molecule has 2 aromatic rings. The van der Waals surface area contributed by atoms with E-state index in [2.05, 4.69) is 4.90 Å². The minimum Gasteiger partial charge on any atom is -0.550 e. The van der Waals surface area contributed by atoms with Crippen molar-refractivity contribution in [2.75, 3.05) is 44.3 Å². The maximum absolute atomic E-state index is 11.8. The number of rotatable bonds is 11. The van der Waals surface area contributed by atoms with Gasteiger partial charge in [-0.1, -0.05) is 12.1 Å². The number of aliphatic carboxylic acids is 1. The van der Waals surface area contributed by atoms with E-state index in [1.165, 1.54) is 17.6 Å². The molecule has 1 saturated heterocycles. The molecular weight excluding hydrogens is 498 g/mol. The summed E-state index contributed by atoms with van der Waals surface area (Å²) >= 11 is 1.46. The summed E-state index contributed by atoms with van der Waals surface area (Å²) in [6.45, 7) is 6.07. The number of hydrazine groups is 1. The number of esters is 1. The lowest BCUT2D eigenvalue weighted by Gasteiger charge is -2.38. The van der Waals surface area contributed by atoms with Crippen LogP contribution < -0.4 is 15.8 Å². The van der Waals surface area contributed by atoms with E-state index < -0.39 is 12.1 Å². The summed E-state index contributed by atoms with van der Waals surface area (Å²) in [7, 11) is 0. The minimum atomic E-state index is -1.11. The standard InChI is InChI=1S/C25H33N5O6S/c1-3-35-23(33)16-28-12-9-20(10-13-28)29(14-11-22(31)32)24-27-21(17-37-24)19-7-5-18(6-8-19)15-30(26)25(34)36-4-2/h5-8,15,17,20H,3-4,9-14,16,26H2,1-2H3. The molecule has 12 heteroatoms. The number of benzene rings is 1. The molecule has 1 aromatic heterocycles. The molecule has 1 aliphatic heterocycles. The summed E-state index contributed by atoms with van der Waals surface area (Å²) in [4.78, 5) is 43.6. The fourth-order valence-corrected chi connectivity index (χ4v) is 5.04. The van der Waals surface area contributed by atoms with Crippen LogP contribution in [0.25, 0.3) is 11.3 Å². The Labute approximate surface area is 220 Å². The van der Waals surface area contributed by atoms with Gasteiger partial charge in [0.15, 0.2) is 5.13 Å². The Bertz CT molecular complexity index is 1100. The monoisotopic (exact) mass is 531 g/mol. The van der Waals surface area contributed by atoms with Crippen molar-refractivity contribution in [1.82, 2.24) is 9.88 Å². The fraction of sp³-hybridized carbons (Fsp3) is 0.480. The topological polar surface area (TPSA) is 141 Å². The molecule has 0 bridgehead atoms. The molecule has 3 rings (SSSR count). The highest BCUT2D eigenvalue weighted by molar-refractivity contribution is 7.14. The average molecular weight is 532 g/mol. The van der Waals surface area contributed by atoms with Crippen LogP contribution in [0.4, 0.5) is 9.93 Å². The number of nitrogens with two attached hydrogens (primary N) is 1. The SMILES string of the molecule is CCOC(=O)CN1CCC(N(CCC(=O)[O-])c2nc(-c3ccc(C=[N+](N)C(=O)OCC)cc3)cs2)CC1. The lowest BCUT2D eigenvalue weighted by molar-refractivity contribution is -0.452. The number of ether oxygens (including phenoxy) is 2. The molecule has 200 valence electrons. The first-order valence-electron chi connectivity index (χ1n) is 12.3. The van der Waals surface area contributed by atoms with Crippen LogP contribution in [0.5, 0.6) is 0 Å². The van der Waals surface area contributed by atoms with E-state index in [1.807, 2.05) is 34.5 Å². The molecule has 0 spiro atoms. The zero-order valence-corrected chi connectivity index (χ0v) is 21.9. The second-order valence-corrected chi connectivity index (χ2v) is 9.34. The number of thiazole rings is 1. The van der Waals surface area contributed by atoms with Crippen molar-refractivity contribution in [3.8, 4) is 11.3 Å². The second-order valence-electron chi connectivity index (χ2n) is 8.50. The first kappa shape index (κ1) is 28.1. The maximum atomic E-state index is 11.8. The molecular formula is C25H33N5O6S. The Balaban J connectivity index is 1.70. The van der Waals surface area contributed by atoms with E-state index in [0.717, 1.165) is 39.5 Å². The third kappa shape index (κ3) is 8.25. The van der Waals surface area contributed by atoms with Gasteiger partial charge >= 0.3 is 12.1 Å². The number of hydrogen-bond acceptors (Lipinski definition) is 11. The number of carbonyl (C=O) groups excluding carboxylic acids is 3. The van der Waals surface area contributed by atoms with Crippen LogP contribution in [0.1, 0.15) is 38.7 Å². The number of carbonyl (C=O) groups is 3. The van der Waals surface area contributed by atoms with Crippen molar-refractivity contribution in [2.45, 2.75) is 39.2 Å². The van der Waals surface area contributed by atoms with Gasteiger partial charge in [0.2, 0.25) is 6.21 Å². The molecule has 0 unspecified atom stereocenters. The zero-order valence-electron chi connectivity index (χ0n) is 21.1. The van der Waals surface area contributed by atoms with Crippen LogP contribution in [0.2, 0.25) is 0 Å². The normalized spacial score (nSPS) is 14.8. The van der Waals surface area contributed by atoms with Crippen molar-refractivity contribution in [1.29, 1.82) is 0 Å². The molecule has 1 amide bonds. The van der Waals surface area contributed by atoms with Crippen molar-refractivity contribution >= 4 is 40.7 Å². The number of likely N-dealkylation sites (tertiary alicyclic amines) is 1. The van der Waals surface area contributed by atoms with Crippen molar-refractivity contribution in [2.24, 2.45) is 5.84 Å². The molecule has 1 aliphatic rings. The van der Waals surface area contributed by atoms with Gasteiger partial charge in [0.1, 0.15) is 0 Å². The van der Waals surface area contributed by atoms with Gasteiger partial charge in [-0.2, -0.15) is 10.6 Å². The van der Waals surface area contributed by atoms with E-state index in [9.17, 15) is 19.5 Å². The van der Waals surface area contributed by atoms with Crippen LogP contribution in [0.3, 0.4) is 0 Å². The third-order valence-electron chi connectivity index (χ3n) is 5.92. The van der Waals surface area contributed by atoms with Gasteiger partial charge in [0, 0.05) is 54.6 Å². The van der Waals surface area contributed by atoms with Crippen molar-refractivity contribution in [3.05, 3.63) is 35.2 Å². The zero-order chi connectivity index (χ0) is 26.8. The second kappa shape index (κ2) is 13.7.